The molecule has 0 saturated heterocycles. The van der Waals surface area contributed by atoms with E-state index >= 15 is 0 Å². The molecule has 1 amide bonds. The Morgan fingerprint density at radius 3 is 2.52 bits per heavy atom. The van der Waals surface area contributed by atoms with E-state index in [1.54, 1.807) is 7.05 Å². The van der Waals surface area contributed by atoms with Crippen LogP contribution in [0.25, 0.3) is 0 Å². The Morgan fingerprint density at radius 2 is 2.05 bits per heavy atom. The van der Waals surface area contributed by atoms with Crippen LogP contribution in [0.3, 0.4) is 0 Å². The van der Waals surface area contributed by atoms with Crippen LogP contribution in [-0.4, -0.2) is 24.4 Å². The van der Waals surface area contributed by atoms with Gasteiger partial charge in [-0.05, 0) is 31.0 Å². The van der Waals surface area contributed by atoms with Gasteiger partial charge in [0.15, 0.2) is 0 Å². The normalized spacial score (nSPS) is 11.0. The molecule has 2 N–H and O–H groups in total. The van der Waals surface area contributed by atoms with Gasteiger partial charge in [0.2, 0.25) is 5.91 Å². The molecule has 0 fully saturated rings. The molecular weight excluding hydrogens is 269 g/mol. The number of halogens is 1. The van der Waals surface area contributed by atoms with E-state index in [2.05, 4.69) is 0 Å². The minimum atomic E-state index is -0.599. The van der Waals surface area contributed by atoms with E-state index in [1.807, 2.05) is 19.9 Å². The zero-order valence-corrected chi connectivity index (χ0v) is 12.8. The van der Waals surface area contributed by atoms with Crippen LogP contribution >= 0.6 is 0 Å². The summed E-state index contributed by atoms with van der Waals surface area (Å²) < 4.78 is 13.8. The van der Waals surface area contributed by atoms with Crippen LogP contribution in [0, 0.1) is 22.6 Å². The molecule has 0 aliphatic heterocycles. The molecule has 1 aromatic rings. The van der Waals surface area contributed by atoms with Crippen molar-refractivity contribution < 1.29 is 9.18 Å². The second-order valence-electron chi connectivity index (χ2n) is 5.27. The van der Waals surface area contributed by atoms with E-state index in [9.17, 15) is 9.18 Å². The Bertz CT molecular complexity index is 539. The van der Waals surface area contributed by atoms with Crippen LogP contribution in [0.5, 0.6) is 0 Å². The lowest BCUT2D eigenvalue weighted by molar-refractivity contribution is -0.141. The third-order valence-electron chi connectivity index (χ3n) is 4.13. The van der Waals surface area contributed by atoms with Crippen molar-refractivity contribution in [2.75, 3.05) is 13.6 Å². The Morgan fingerprint density at radius 1 is 1.43 bits per heavy atom. The molecule has 0 atom stereocenters. The number of nitriles is 1. The maximum absolute atomic E-state index is 13.8. The molecule has 0 spiro atoms. The van der Waals surface area contributed by atoms with Gasteiger partial charge in [-0.1, -0.05) is 13.8 Å². The highest BCUT2D eigenvalue weighted by Crippen LogP contribution is 2.28. The van der Waals surface area contributed by atoms with Crippen molar-refractivity contribution >= 4 is 5.91 Å². The molecule has 21 heavy (non-hydrogen) atoms. The molecule has 0 unspecified atom stereocenters. The molecule has 1 aromatic carbocycles. The van der Waals surface area contributed by atoms with Gasteiger partial charge in [0.05, 0.1) is 17.0 Å². The van der Waals surface area contributed by atoms with Crippen molar-refractivity contribution in [2.24, 2.45) is 11.1 Å². The summed E-state index contributed by atoms with van der Waals surface area (Å²) in [7, 11) is 1.64. The van der Waals surface area contributed by atoms with Crippen molar-refractivity contribution in [3.05, 3.63) is 35.1 Å². The first-order valence-corrected chi connectivity index (χ1v) is 7.08. The second-order valence-corrected chi connectivity index (χ2v) is 5.27. The molecule has 0 saturated carbocycles. The molecule has 0 bridgehead atoms. The summed E-state index contributed by atoms with van der Waals surface area (Å²) in [4.78, 5) is 14.1. The summed E-state index contributed by atoms with van der Waals surface area (Å²) in [6.45, 7) is 4.25. The standard InChI is InChI=1S/C16H22FN3O/c1-4-16(5-2,11-19)15(21)20(3)10-13-8-12(9-18)6-7-14(13)17/h6-8H,4-5,10-11,19H2,1-3H3. The third kappa shape index (κ3) is 3.59. The topological polar surface area (TPSA) is 70.1 Å². The van der Waals surface area contributed by atoms with E-state index in [4.69, 9.17) is 11.0 Å². The zero-order chi connectivity index (χ0) is 16.0. The van der Waals surface area contributed by atoms with Crippen LogP contribution in [-0.2, 0) is 11.3 Å². The summed E-state index contributed by atoms with van der Waals surface area (Å²) in [5.74, 6) is -0.503. The monoisotopic (exact) mass is 291 g/mol. The molecule has 0 heterocycles. The fraction of sp³-hybridized carbons (Fsp3) is 0.500. The molecular formula is C16H22FN3O. The summed E-state index contributed by atoms with van der Waals surface area (Å²) in [5.41, 5.74) is 5.89. The van der Waals surface area contributed by atoms with Crippen molar-refractivity contribution in [3.8, 4) is 6.07 Å². The van der Waals surface area contributed by atoms with Crippen molar-refractivity contribution in [3.63, 3.8) is 0 Å². The van der Waals surface area contributed by atoms with Gasteiger partial charge in [0.25, 0.3) is 0 Å². The Hall–Kier alpha value is -1.93. The van der Waals surface area contributed by atoms with Crippen molar-refractivity contribution in [1.29, 1.82) is 5.26 Å². The molecule has 0 aromatic heterocycles. The van der Waals surface area contributed by atoms with E-state index in [0.717, 1.165) is 0 Å². The second kappa shape index (κ2) is 7.19. The minimum absolute atomic E-state index is 0.0863. The van der Waals surface area contributed by atoms with E-state index in [0.29, 0.717) is 24.0 Å². The maximum atomic E-state index is 13.8. The first-order chi connectivity index (χ1) is 9.93. The van der Waals surface area contributed by atoms with Crippen LogP contribution in [0.1, 0.15) is 37.8 Å². The SMILES string of the molecule is CCC(CC)(CN)C(=O)N(C)Cc1cc(C#N)ccc1F. The molecule has 0 aliphatic carbocycles. The van der Waals surface area contributed by atoms with Gasteiger partial charge in [-0.15, -0.1) is 0 Å². The maximum Gasteiger partial charge on any atom is 0.230 e. The number of amides is 1. The number of carbonyl (C=O) groups excluding carboxylic acids is 1. The highest BCUT2D eigenvalue weighted by atomic mass is 19.1. The van der Waals surface area contributed by atoms with Crippen LogP contribution in [0.15, 0.2) is 18.2 Å². The van der Waals surface area contributed by atoms with Crippen LogP contribution < -0.4 is 5.73 Å². The third-order valence-corrected chi connectivity index (χ3v) is 4.13. The van der Waals surface area contributed by atoms with E-state index in [-0.39, 0.29) is 19.0 Å². The van der Waals surface area contributed by atoms with Gasteiger partial charge in [-0.25, -0.2) is 4.39 Å². The highest BCUT2D eigenvalue weighted by molar-refractivity contribution is 5.82. The predicted octanol–water partition coefficient (Wildman–Crippen LogP) is 2.42. The molecule has 114 valence electrons. The van der Waals surface area contributed by atoms with Gasteiger partial charge < -0.3 is 10.6 Å². The molecule has 4 nitrogen and oxygen atoms in total. The Labute approximate surface area is 125 Å². The minimum Gasteiger partial charge on any atom is -0.341 e. The van der Waals surface area contributed by atoms with Gasteiger partial charge in [0, 0.05) is 25.7 Å². The summed E-state index contributed by atoms with van der Waals surface area (Å²) >= 11 is 0. The van der Waals surface area contributed by atoms with Crippen molar-refractivity contribution in [2.45, 2.75) is 33.2 Å². The van der Waals surface area contributed by atoms with Gasteiger partial charge in [0.1, 0.15) is 5.82 Å². The first-order valence-electron chi connectivity index (χ1n) is 7.08. The summed E-state index contributed by atoms with van der Waals surface area (Å²) in [6, 6.07) is 6.12. The fourth-order valence-corrected chi connectivity index (χ4v) is 2.43. The van der Waals surface area contributed by atoms with E-state index in [1.165, 1.54) is 23.1 Å². The quantitative estimate of drug-likeness (QED) is 0.875. The van der Waals surface area contributed by atoms with Crippen LogP contribution in [0.4, 0.5) is 4.39 Å². The van der Waals surface area contributed by atoms with Gasteiger partial charge in [-0.2, -0.15) is 5.26 Å². The lowest BCUT2D eigenvalue weighted by atomic mass is 9.81. The Balaban J connectivity index is 2.98. The lowest BCUT2D eigenvalue weighted by Crippen LogP contribution is -2.45. The Kier molecular flexibility index (Phi) is 5.86. The van der Waals surface area contributed by atoms with Gasteiger partial charge in [-0.3, -0.25) is 4.79 Å². The number of carbonyl (C=O) groups is 1. The lowest BCUT2D eigenvalue weighted by Gasteiger charge is -2.33. The van der Waals surface area contributed by atoms with Crippen LogP contribution in [0.2, 0.25) is 0 Å². The molecule has 5 heteroatoms. The number of hydrogen-bond acceptors (Lipinski definition) is 3. The first kappa shape index (κ1) is 17.1. The van der Waals surface area contributed by atoms with E-state index < -0.39 is 11.2 Å². The number of rotatable bonds is 6. The zero-order valence-electron chi connectivity index (χ0n) is 12.8. The number of nitrogens with zero attached hydrogens (tertiary/aromatic N) is 2. The largest absolute Gasteiger partial charge is 0.341 e. The highest BCUT2D eigenvalue weighted by Gasteiger charge is 2.35. The number of benzene rings is 1. The summed E-state index contributed by atoms with van der Waals surface area (Å²) in [5, 5.41) is 8.87. The predicted molar refractivity (Wildman–Crippen MR) is 79.7 cm³/mol. The fourth-order valence-electron chi connectivity index (χ4n) is 2.43. The molecule has 0 radical (unpaired) electrons. The van der Waals surface area contributed by atoms with Gasteiger partial charge >= 0.3 is 0 Å². The number of nitrogens with two attached hydrogens (primary N) is 1. The molecule has 1 rings (SSSR count). The number of hydrogen-bond donors (Lipinski definition) is 1. The average Bonchev–Trinajstić information content (AvgIpc) is 2.51. The van der Waals surface area contributed by atoms with Crippen molar-refractivity contribution in [1.82, 2.24) is 4.90 Å². The molecule has 0 aliphatic rings. The average molecular weight is 291 g/mol. The smallest absolute Gasteiger partial charge is 0.230 e. The summed E-state index contributed by atoms with van der Waals surface area (Å²) in [6.07, 6.45) is 1.29.